The molecule has 1 unspecified atom stereocenters. The Labute approximate surface area is 157 Å². The van der Waals surface area contributed by atoms with Crippen LogP contribution in [-0.4, -0.2) is 35.8 Å². The van der Waals surface area contributed by atoms with Gasteiger partial charge in [-0.05, 0) is 37.8 Å². The van der Waals surface area contributed by atoms with Crippen LogP contribution in [-0.2, 0) is 11.3 Å². The lowest BCUT2D eigenvalue weighted by Gasteiger charge is -2.47. The van der Waals surface area contributed by atoms with E-state index in [9.17, 15) is 19.2 Å². The minimum absolute atomic E-state index is 0.0327. The first-order valence-electron chi connectivity index (χ1n) is 9.42. The molecule has 1 spiro atoms. The van der Waals surface area contributed by atoms with Gasteiger partial charge < -0.3 is 16.0 Å². The van der Waals surface area contributed by atoms with Crippen LogP contribution in [0.3, 0.4) is 0 Å². The number of nitriles is 1. The molecule has 1 aliphatic heterocycles. The second kappa shape index (κ2) is 6.61. The zero-order valence-electron chi connectivity index (χ0n) is 15.1. The van der Waals surface area contributed by atoms with E-state index in [-0.39, 0.29) is 41.3 Å². The summed E-state index contributed by atoms with van der Waals surface area (Å²) in [4.78, 5) is 26.0. The second-order valence-electron chi connectivity index (χ2n) is 8.15. The summed E-state index contributed by atoms with van der Waals surface area (Å²) in [5.74, 6) is -1.25. The maximum Gasteiger partial charge on any atom is 0.248 e. The number of amides is 2. The van der Waals surface area contributed by atoms with Crippen LogP contribution >= 0.6 is 0 Å². The number of nitrogens with zero attached hydrogens (tertiary/aromatic N) is 2. The Morgan fingerprint density at radius 1 is 1.37 bits per heavy atom. The van der Waals surface area contributed by atoms with Crippen molar-refractivity contribution in [1.82, 2.24) is 10.2 Å². The van der Waals surface area contributed by atoms with Crippen molar-refractivity contribution in [2.24, 2.45) is 23.0 Å². The lowest BCUT2D eigenvalue weighted by Crippen LogP contribution is -2.50. The van der Waals surface area contributed by atoms with Gasteiger partial charge in [-0.15, -0.1) is 0 Å². The summed E-state index contributed by atoms with van der Waals surface area (Å²) in [5, 5.41) is 12.6. The Bertz CT molecular complexity index is 824. The van der Waals surface area contributed by atoms with E-state index >= 15 is 0 Å². The van der Waals surface area contributed by atoms with E-state index in [2.05, 4.69) is 11.4 Å². The van der Waals surface area contributed by atoms with Gasteiger partial charge in [0.25, 0.3) is 0 Å². The molecule has 1 aromatic carbocycles. The minimum atomic E-state index is -0.674. The van der Waals surface area contributed by atoms with Gasteiger partial charge in [-0.3, -0.25) is 9.59 Å². The first-order valence-corrected chi connectivity index (χ1v) is 9.42. The average molecular weight is 370 g/mol. The molecule has 142 valence electrons. The molecule has 3 aliphatic rings. The van der Waals surface area contributed by atoms with E-state index in [1.165, 1.54) is 12.1 Å². The molecule has 0 bridgehead atoms. The lowest BCUT2D eigenvalue weighted by atomic mass is 9.57. The molecule has 27 heavy (non-hydrogen) atoms. The van der Waals surface area contributed by atoms with E-state index in [1.54, 1.807) is 4.90 Å². The molecule has 2 aliphatic carbocycles. The number of halogens is 1. The van der Waals surface area contributed by atoms with Crippen molar-refractivity contribution in [3.8, 4) is 6.07 Å². The van der Waals surface area contributed by atoms with Gasteiger partial charge in [0.15, 0.2) is 0 Å². The Kier molecular flexibility index (Phi) is 4.39. The van der Waals surface area contributed by atoms with Crippen LogP contribution in [0.5, 0.6) is 0 Å². The maximum absolute atomic E-state index is 14.4. The molecule has 1 atom stereocenters. The fourth-order valence-electron chi connectivity index (χ4n) is 4.53. The molecule has 1 heterocycles. The van der Waals surface area contributed by atoms with Crippen molar-refractivity contribution in [3.63, 3.8) is 0 Å². The summed E-state index contributed by atoms with van der Waals surface area (Å²) in [6.07, 6.45) is 3.33. The van der Waals surface area contributed by atoms with Gasteiger partial charge >= 0.3 is 0 Å². The molecule has 6 nitrogen and oxygen atoms in total. The standard InChI is InChI=1S/C20H23FN4O2/c21-17-5-12(18(23)26)1-2-13(17)10-25(16-3-4-16)19(27)14-6-20(7-14)11-24-9-15(20)8-22/h1-2,5,14-16,24H,3-4,6-7,9-11H2,(H2,23,26). The number of primary amides is 1. The minimum Gasteiger partial charge on any atom is -0.366 e. The third kappa shape index (κ3) is 3.19. The van der Waals surface area contributed by atoms with Gasteiger partial charge in [-0.2, -0.15) is 5.26 Å². The normalized spacial score (nSPS) is 29.2. The molecule has 0 aromatic heterocycles. The van der Waals surface area contributed by atoms with Crippen LogP contribution < -0.4 is 11.1 Å². The molecule has 0 radical (unpaired) electrons. The van der Waals surface area contributed by atoms with Crippen LogP contribution in [0.2, 0.25) is 0 Å². The molecule has 7 heteroatoms. The third-order valence-electron chi connectivity index (χ3n) is 6.32. The molecule has 3 N–H and O–H groups in total. The quantitative estimate of drug-likeness (QED) is 0.821. The molecule has 1 saturated heterocycles. The van der Waals surface area contributed by atoms with E-state index in [0.29, 0.717) is 12.1 Å². The number of hydrogen-bond acceptors (Lipinski definition) is 4. The number of rotatable bonds is 5. The number of hydrogen-bond donors (Lipinski definition) is 2. The molecule has 1 aromatic rings. The Morgan fingerprint density at radius 2 is 2.11 bits per heavy atom. The SMILES string of the molecule is N#CC1CNCC12CC(C(=O)N(Cc1ccc(C(N)=O)cc1F)C1CC1)C2. The zero-order chi connectivity index (χ0) is 19.2. The van der Waals surface area contributed by atoms with Crippen LogP contribution in [0, 0.1) is 34.4 Å². The predicted molar refractivity (Wildman–Crippen MR) is 95.6 cm³/mol. The van der Waals surface area contributed by atoms with Gasteiger partial charge in [-0.25, -0.2) is 4.39 Å². The molecular weight excluding hydrogens is 347 g/mol. The lowest BCUT2D eigenvalue weighted by molar-refractivity contribution is -0.145. The monoisotopic (exact) mass is 370 g/mol. The highest BCUT2D eigenvalue weighted by atomic mass is 19.1. The van der Waals surface area contributed by atoms with E-state index < -0.39 is 11.7 Å². The summed E-state index contributed by atoms with van der Waals surface area (Å²) in [5.41, 5.74) is 5.63. The molecular formula is C20H23FN4O2. The van der Waals surface area contributed by atoms with Crippen LogP contribution in [0.15, 0.2) is 18.2 Å². The summed E-state index contributed by atoms with van der Waals surface area (Å²) in [7, 11) is 0. The zero-order valence-corrected chi connectivity index (χ0v) is 15.1. The van der Waals surface area contributed by atoms with Crippen molar-refractivity contribution < 1.29 is 14.0 Å². The average Bonchev–Trinajstić information content (AvgIpc) is 3.35. The molecule has 2 saturated carbocycles. The van der Waals surface area contributed by atoms with Crippen molar-refractivity contribution >= 4 is 11.8 Å². The van der Waals surface area contributed by atoms with Crippen molar-refractivity contribution in [3.05, 3.63) is 35.1 Å². The van der Waals surface area contributed by atoms with Gasteiger partial charge in [0.1, 0.15) is 5.82 Å². The van der Waals surface area contributed by atoms with Gasteiger partial charge in [0, 0.05) is 48.1 Å². The first-order chi connectivity index (χ1) is 12.9. The Balaban J connectivity index is 1.46. The fourth-order valence-corrected chi connectivity index (χ4v) is 4.53. The number of carbonyl (C=O) groups is 2. The van der Waals surface area contributed by atoms with Crippen molar-refractivity contribution in [1.29, 1.82) is 5.26 Å². The van der Waals surface area contributed by atoms with Crippen LogP contribution in [0.4, 0.5) is 4.39 Å². The second-order valence-corrected chi connectivity index (χ2v) is 8.15. The Morgan fingerprint density at radius 3 is 2.70 bits per heavy atom. The molecule has 3 fully saturated rings. The number of nitrogens with one attached hydrogen (secondary N) is 1. The first kappa shape index (κ1) is 17.9. The number of carbonyl (C=O) groups excluding carboxylic acids is 2. The highest BCUT2D eigenvalue weighted by Gasteiger charge is 2.55. The highest BCUT2D eigenvalue weighted by molar-refractivity contribution is 5.92. The topological polar surface area (TPSA) is 99.2 Å². The van der Waals surface area contributed by atoms with Gasteiger partial charge in [0.05, 0.1) is 12.0 Å². The molecule has 2 amide bonds. The Hall–Kier alpha value is -2.46. The van der Waals surface area contributed by atoms with Crippen LogP contribution in [0.25, 0.3) is 0 Å². The van der Waals surface area contributed by atoms with Gasteiger partial charge in [0.2, 0.25) is 11.8 Å². The van der Waals surface area contributed by atoms with Crippen LogP contribution in [0.1, 0.15) is 41.6 Å². The highest BCUT2D eigenvalue weighted by Crippen LogP contribution is 2.53. The summed E-state index contributed by atoms with van der Waals surface area (Å²) < 4.78 is 14.4. The van der Waals surface area contributed by atoms with Crippen molar-refractivity contribution in [2.75, 3.05) is 13.1 Å². The number of nitrogens with two attached hydrogens (primary N) is 1. The van der Waals surface area contributed by atoms with Gasteiger partial charge in [-0.1, -0.05) is 6.07 Å². The predicted octanol–water partition coefficient (Wildman–Crippen LogP) is 1.55. The number of benzene rings is 1. The largest absolute Gasteiger partial charge is 0.366 e. The molecule has 4 rings (SSSR count). The third-order valence-corrected chi connectivity index (χ3v) is 6.32. The maximum atomic E-state index is 14.4. The van der Waals surface area contributed by atoms with E-state index in [0.717, 1.165) is 38.3 Å². The van der Waals surface area contributed by atoms with E-state index in [4.69, 9.17) is 5.73 Å². The van der Waals surface area contributed by atoms with E-state index in [1.807, 2.05) is 0 Å². The fraction of sp³-hybridized carbons (Fsp3) is 0.550. The summed E-state index contributed by atoms with van der Waals surface area (Å²) in [6.45, 7) is 1.70. The smallest absolute Gasteiger partial charge is 0.248 e. The summed E-state index contributed by atoms with van der Waals surface area (Å²) in [6, 6.07) is 6.70. The summed E-state index contributed by atoms with van der Waals surface area (Å²) >= 11 is 0. The van der Waals surface area contributed by atoms with Crippen molar-refractivity contribution in [2.45, 2.75) is 38.3 Å².